The fourth-order valence-corrected chi connectivity index (χ4v) is 2.77. The smallest absolute Gasteiger partial charge is 0.233 e. The van der Waals surface area contributed by atoms with Crippen molar-refractivity contribution in [2.45, 2.75) is 57.2 Å². The molecule has 0 fully saturated rings. The molecule has 128 valence electrons. The van der Waals surface area contributed by atoms with E-state index in [-0.39, 0.29) is 23.1 Å². The number of carbonyl (C=O) groups is 2. The number of anilines is 1. The molecule has 0 spiro atoms. The molecule has 2 atom stereocenters. The van der Waals surface area contributed by atoms with E-state index in [2.05, 4.69) is 40.4 Å². The van der Waals surface area contributed by atoms with E-state index < -0.39 is 0 Å². The molecule has 2 amide bonds. The predicted octanol–water partition coefficient (Wildman–Crippen LogP) is 4.21. The van der Waals surface area contributed by atoms with E-state index in [4.69, 9.17) is 0 Å². The van der Waals surface area contributed by atoms with E-state index in [0.29, 0.717) is 12.5 Å². The third-order valence-corrected chi connectivity index (χ3v) is 4.73. The van der Waals surface area contributed by atoms with Gasteiger partial charge >= 0.3 is 0 Å². The first-order valence-electron chi connectivity index (χ1n) is 8.29. The molecule has 1 aromatic carbocycles. The first kappa shape index (κ1) is 19.7. The maximum absolute atomic E-state index is 11.9. The van der Waals surface area contributed by atoms with E-state index in [1.165, 1.54) is 5.56 Å². The van der Waals surface area contributed by atoms with Gasteiger partial charge in [0.05, 0.1) is 4.83 Å². The van der Waals surface area contributed by atoms with Crippen LogP contribution in [-0.2, 0) is 9.59 Å². The fraction of sp³-hybridized carbons (Fsp3) is 0.556. The van der Waals surface area contributed by atoms with Gasteiger partial charge in [0.15, 0.2) is 0 Å². The Balaban J connectivity index is 2.35. The molecule has 1 rings (SSSR count). The van der Waals surface area contributed by atoms with Gasteiger partial charge in [-0.2, -0.15) is 0 Å². The summed E-state index contributed by atoms with van der Waals surface area (Å²) in [7, 11) is 0. The summed E-state index contributed by atoms with van der Waals surface area (Å²) in [6.07, 6.45) is 3.10. The van der Waals surface area contributed by atoms with E-state index >= 15 is 0 Å². The van der Waals surface area contributed by atoms with Crippen molar-refractivity contribution in [2.75, 3.05) is 11.9 Å². The molecule has 0 radical (unpaired) electrons. The number of hydrogen-bond donors (Lipinski definition) is 2. The zero-order valence-corrected chi connectivity index (χ0v) is 15.8. The molecule has 2 unspecified atom stereocenters. The predicted molar refractivity (Wildman–Crippen MR) is 99.0 cm³/mol. The molecule has 23 heavy (non-hydrogen) atoms. The van der Waals surface area contributed by atoms with Gasteiger partial charge in [-0.3, -0.25) is 9.59 Å². The van der Waals surface area contributed by atoms with E-state index in [9.17, 15) is 9.59 Å². The van der Waals surface area contributed by atoms with Crippen LogP contribution in [0.3, 0.4) is 0 Å². The van der Waals surface area contributed by atoms with Crippen LogP contribution in [0.1, 0.15) is 57.9 Å². The van der Waals surface area contributed by atoms with Crippen LogP contribution in [0.25, 0.3) is 0 Å². The van der Waals surface area contributed by atoms with Crippen molar-refractivity contribution in [1.82, 2.24) is 5.32 Å². The van der Waals surface area contributed by atoms with Crippen LogP contribution in [0, 0.1) is 0 Å². The highest BCUT2D eigenvalue weighted by Gasteiger charge is 2.13. The summed E-state index contributed by atoms with van der Waals surface area (Å²) in [4.78, 5) is 23.4. The van der Waals surface area contributed by atoms with Crippen LogP contribution in [0.5, 0.6) is 0 Å². The maximum Gasteiger partial charge on any atom is 0.233 e. The zero-order valence-electron chi connectivity index (χ0n) is 14.2. The maximum atomic E-state index is 11.9. The summed E-state index contributed by atoms with van der Waals surface area (Å²) in [6, 6.07) is 7.94. The van der Waals surface area contributed by atoms with Gasteiger partial charge in [-0.05, 0) is 36.5 Å². The van der Waals surface area contributed by atoms with Crippen molar-refractivity contribution in [1.29, 1.82) is 0 Å². The molecule has 0 bridgehead atoms. The van der Waals surface area contributed by atoms with Crippen LogP contribution in [0.4, 0.5) is 5.69 Å². The number of nitrogens with one attached hydrogen (secondary N) is 2. The standard InChI is InChI=1S/C18H27BrN2O2/c1-4-6-16(19)18(23)20-12-11-17(22)21-15-9-7-14(8-10-15)13(3)5-2/h7-10,13,16H,4-6,11-12H2,1-3H3,(H,20,23)(H,21,22). The van der Waals surface area contributed by atoms with Crippen molar-refractivity contribution < 1.29 is 9.59 Å². The van der Waals surface area contributed by atoms with Crippen LogP contribution in [0.2, 0.25) is 0 Å². The van der Waals surface area contributed by atoms with Gasteiger partial charge in [0, 0.05) is 18.7 Å². The van der Waals surface area contributed by atoms with Crippen LogP contribution in [0.15, 0.2) is 24.3 Å². The largest absolute Gasteiger partial charge is 0.355 e. The summed E-state index contributed by atoms with van der Waals surface area (Å²) >= 11 is 3.34. The molecule has 5 heteroatoms. The summed E-state index contributed by atoms with van der Waals surface area (Å²) in [6.45, 7) is 6.72. The normalized spacial score (nSPS) is 13.2. The fourth-order valence-electron chi connectivity index (χ4n) is 2.15. The van der Waals surface area contributed by atoms with Crippen LogP contribution in [-0.4, -0.2) is 23.2 Å². The Bertz CT molecular complexity index is 502. The first-order chi connectivity index (χ1) is 11.0. The number of halogens is 1. The lowest BCUT2D eigenvalue weighted by molar-refractivity contribution is -0.120. The number of benzene rings is 1. The third-order valence-electron chi connectivity index (χ3n) is 3.85. The van der Waals surface area contributed by atoms with E-state index in [1.807, 2.05) is 31.2 Å². The topological polar surface area (TPSA) is 58.2 Å². The molecule has 0 aromatic heterocycles. The monoisotopic (exact) mass is 382 g/mol. The highest BCUT2D eigenvalue weighted by Crippen LogP contribution is 2.20. The van der Waals surface area contributed by atoms with Gasteiger partial charge in [-0.25, -0.2) is 0 Å². The van der Waals surface area contributed by atoms with Gasteiger partial charge < -0.3 is 10.6 Å². The Kier molecular flexibility index (Phi) is 8.92. The number of carbonyl (C=O) groups excluding carboxylic acids is 2. The minimum Gasteiger partial charge on any atom is -0.355 e. The second-order valence-corrected chi connectivity index (χ2v) is 6.88. The second kappa shape index (κ2) is 10.4. The van der Waals surface area contributed by atoms with Gasteiger partial charge in [-0.15, -0.1) is 0 Å². The molecule has 0 aliphatic carbocycles. The molecular weight excluding hydrogens is 356 g/mol. The molecule has 4 nitrogen and oxygen atoms in total. The molecule has 0 saturated carbocycles. The Morgan fingerprint density at radius 2 is 1.83 bits per heavy atom. The molecular formula is C18H27BrN2O2. The number of rotatable bonds is 9. The van der Waals surface area contributed by atoms with Gasteiger partial charge in [-0.1, -0.05) is 55.3 Å². The van der Waals surface area contributed by atoms with E-state index in [0.717, 1.165) is 24.9 Å². The van der Waals surface area contributed by atoms with Crippen molar-refractivity contribution in [3.05, 3.63) is 29.8 Å². The Labute approximate surface area is 147 Å². The van der Waals surface area contributed by atoms with Crippen molar-refractivity contribution >= 4 is 33.4 Å². The number of hydrogen-bond acceptors (Lipinski definition) is 2. The lowest BCUT2D eigenvalue weighted by atomic mass is 9.99. The van der Waals surface area contributed by atoms with Gasteiger partial charge in [0.25, 0.3) is 0 Å². The van der Waals surface area contributed by atoms with Crippen molar-refractivity contribution in [2.24, 2.45) is 0 Å². The van der Waals surface area contributed by atoms with E-state index in [1.54, 1.807) is 0 Å². The van der Waals surface area contributed by atoms with Crippen LogP contribution >= 0.6 is 15.9 Å². The van der Waals surface area contributed by atoms with Gasteiger partial charge in [0.1, 0.15) is 0 Å². The highest BCUT2D eigenvalue weighted by molar-refractivity contribution is 9.10. The first-order valence-corrected chi connectivity index (χ1v) is 9.21. The Hall–Kier alpha value is -1.36. The Morgan fingerprint density at radius 1 is 1.17 bits per heavy atom. The summed E-state index contributed by atoms with van der Waals surface area (Å²) in [5.41, 5.74) is 2.06. The summed E-state index contributed by atoms with van der Waals surface area (Å²) in [5.74, 6) is 0.371. The molecule has 0 aliphatic rings. The average molecular weight is 383 g/mol. The lowest BCUT2D eigenvalue weighted by Crippen LogP contribution is -2.33. The lowest BCUT2D eigenvalue weighted by Gasteiger charge is -2.11. The van der Waals surface area contributed by atoms with Crippen molar-refractivity contribution in [3.63, 3.8) is 0 Å². The zero-order chi connectivity index (χ0) is 17.2. The van der Waals surface area contributed by atoms with Crippen LogP contribution < -0.4 is 10.6 Å². The Morgan fingerprint density at radius 3 is 2.39 bits per heavy atom. The molecule has 1 aromatic rings. The summed E-state index contributed by atoms with van der Waals surface area (Å²) < 4.78 is 0. The minimum absolute atomic E-state index is 0.0578. The molecule has 0 heterocycles. The quantitative estimate of drug-likeness (QED) is 0.628. The molecule has 0 saturated heterocycles. The molecule has 0 aliphatic heterocycles. The number of alkyl halides is 1. The minimum atomic E-state index is -0.177. The second-order valence-electron chi connectivity index (χ2n) is 5.78. The molecule has 2 N–H and O–H groups in total. The van der Waals surface area contributed by atoms with Crippen molar-refractivity contribution in [3.8, 4) is 0 Å². The third kappa shape index (κ3) is 7.16. The van der Waals surface area contributed by atoms with Gasteiger partial charge in [0.2, 0.25) is 11.8 Å². The highest BCUT2D eigenvalue weighted by atomic mass is 79.9. The summed E-state index contributed by atoms with van der Waals surface area (Å²) in [5, 5.41) is 5.62. The average Bonchev–Trinajstić information content (AvgIpc) is 2.54. The number of amides is 2. The SMILES string of the molecule is CCCC(Br)C(=O)NCCC(=O)Nc1ccc(C(C)CC)cc1.